The van der Waals surface area contributed by atoms with E-state index in [4.69, 9.17) is 9.40 Å². The van der Waals surface area contributed by atoms with Gasteiger partial charge < -0.3 is 14.3 Å². The number of aryl methyl sites for hydroxylation is 2. The Labute approximate surface area is 218 Å². The van der Waals surface area contributed by atoms with Gasteiger partial charge in [-0.1, -0.05) is 69.2 Å². The topological polar surface area (TPSA) is 90.0 Å². The van der Waals surface area contributed by atoms with E-state index >= 15 is 0 Å². The van der Waals surface area contributed by atoms with Crippen LogP contribution >= 0.6 is 0 Å². The van der Waals surface area contributed by atoms with Crippen LogP contribution in [-0.2, 0) is 22.6 Å². The van der Waals surface area contributed by atoms with E-state index in [1.807, 2.05) is 61.5 Å². The Morgan fingerprint density at radius 2 is 1.76 bits per heavy atom. The van der Waals surface area contributed by atoms with Crippen molar-refractivity contribution in [2.75, 3.05) is 0 Å². The van der Waals surface area contributed by atoms with Crippen molar-refractivity contribution in [3.63, 3.8) is 0 Å². The molecule has 4 aromatic rings. The zero-order valence-corrected chi connectivity index (χ0v) is 21.8. The number of unbranched alkanes of at least 4 members (excludes halogenated alkanes) is 2. The number of rotatable bonds is 14. The Morgan fingerprint density at radius 3 is 2.54 bits per heavy atom. The van der Waals surface area contributed by atoms with Crippen molar-refractivity contribution in [2.45, 2.75) is 77.8 Å². The fourth-order valence-corrected chi connectivity index (χ4v) is 4.59. The van der Waals surface area contributed by atoms with Gasteiger partial charge in [0.2, 0.25) is 11.8 Å². The van der Waals surface area contributed by atoms with Crippen molar-refractivity contribution in [1.82, 2.24) is 19.9 Å². The Kier molecular flexibility index (Phi) is 9.24. The molecule has 37 heavy (non-hydrogen) atoms. The number of para-hydroxylation sites is 2. The molecular weight excluding hydrogens is 464 g/mol. The van der Waals surface area contributed by atoms with Gasteiger partial charge in [-0.3, -0.25) is 9.59 Å². The molecule has 0 radical (unpaired) electrons. The molecule has 0 aliphatic rings. The number of oxazole rings is 1. The molecule has 0 fully saturated rings. The molecule has 4 rings (SSSR count). The maximum absolute atomic E-state index is 13.1. The van der Waals surface area contributed by atoms with E-state index in [1.165, 1.54) is 0 Å². The second-order valence-corrected chi connectivity index (χ2v) is 9.31. The number of carbonyl (C=O) groups is 2. The third-order valence-electron chi connectivity index (χ3n) is 6.67. The molecule has 0 saturated carbocycles. The molecule has 0 aliphatic heterocycles. The van der Waals surface area contributed by atoms with Gasteiger partial charge in [-0.25, -0.2) is 9.97 Å². The van der Waals surface area contributed by atoms with Crippen molar-refractivity contribution in [1.29, 1.82) is 0 Å². The van der Waals surface area contributed by atoms with Gasteiger partial charge in [0.15, 0.2) is 5.76 Å². The number of imidazole rings is 1. The van der Waals surface area contributed by atoms with E-state index in [0.29, 0.717) is 49.7 Å². The number of hydrogen-bond acceptors (Lipinski definition) is 5. The van der Waals surface area contributed by atoms with Gasteiger partial charge in [-0.2, -0.15) is 0 Å². The molecule has 2 aromatic carbocycles. The third kappa shape index (κ3) is 6.94. The summed E-state index contributed by atoms with van der Waals surface area (Å²) in [4.78, 5) is 33.9. The van der Waals surface area contributed by atoms with Crippen molar-refractivity contribution in [2.24, 2.45) is 0 Å². The van der Waals surface area contributed by atoms with E-state index < -0.39 is 0 Å². The summed E-state index contributed by atoms with van der Waals surface area (Å²) in [5, 5.41) is 3.16. The van der Waals surface area contributed by atoms with Gasteiger partial charge in [0, 0.05) is 37.8 Å². The van der Waals surface area contributed by atoms with Gasteiger partial charge in [-0.15, -0.1) is 0 Å². The first-order valence-electron chi connectivity index (χ1n) is 13.3. The molecule has 1 N–H and O–H groups in total. The summed E-state index contributed by atoms with van der Waals surface area (Å²) < 4.78 is 8.23. The summed E-state index contributed by atoms with van der Waals surface area (Å²) >= 11 is 0. The van der Waals surface area contributed by atoms with Crippen LogP contribution < -0.4 is 5.32 Å². The normalized spacial score (nSPS) is 12.1. The van der Waals surface area contributed by atoms with Crippen LogP contribution in [0.1, 0.15) is 76.6 Å². The highest BCUT2D eigenvalue weighted by Crippen LogP contribution is 2.26. The Bertz CT molecular complexity index is 1310. The molecule has 194 valence electrons. The summed E-state index contributed by atoms with van der Waals surface area (Å²) in [5.74, 6) is 2.42. The minimum Gasteiger partial charge on any atom is -0.438 e. The van der Waals surface area contributed by atoms with Crippen LogP contribution in [0.15, 0.2) is 65.2 Å². The highest BCUT2D eigenvalue weighted by atomic mass is 16.4. The lowest BCUT2D eigenvalue weighted by atomic mass is 10.0. The molecule has 2 heterocycles. The second kappa shape index (κ2) is 13.0. The summed E-state index contributed by atoms with van der Waals surface area (Å²) in [5.41, 5.74) is 2.95. The zero-order chi connectivity index (χ0) is 26.0. The monoisotopic (exact) mass is 500 g/mol. The number of aromatic nitrogens is 3. The van der Waals surface area contributed by atoms with Crippen LogP contribution in [0.3, 0.4) is 0 Å². The predicted octanol–water partition coefficient (Wildman–Crippen LogP) is 6.43. The molecular formula is C30H36N4O3. The van der Waals surface area contributed by atoms with Crippen molar-refractivity contribution in [3.8, 4) is 11.3 Å². The molecule has 2 aromatic heterocycles. The molecule has 0 spiro atoms. The first-order chi connectivity index (χ1) is 18.1. The Hall–Kier alpha value is -3.74. The van der Waals surface area contributed by atoms with Crippen molar-refractivity contribution < 1.29 is 14.0 Å². The molecule has 7 nitrogen and oxygen atoms in total. The highest BCUT2D eigenvalue weighted by molar-refractivity contribution is 5.78. The SMILES string of the molecule is CCC(=O)CCCCC[C@H](NC(=O)CCn1c(CC)nc2ccccc21)c1ncc(-c2ccccc2)o1. The average molecular weight is 501 g/mol. The van der Waals surface area contributed by atoms with Gasteiger partial charge in [0.25, 0.3) is 0 Å². The predicted molar refractivity (Wildman–Crippen MR) is 145 cm³/mol. The average Bonchev–Trinajstić information content (AvgIpc) is 3.56. The number of hydrogen-bond donors (Lipinski definition) is 1. The van der Waals surface area contributed by atoms with Crippen molar-refractivity contribution >= 4 is 22.7 Å². The van der Waals surface area contributed by atoms with E-state index in [-0.39, 0.29) is 11.9 Å². The van der Waals surface area contributed by atoms with E-state index in [9.17, 15) is 9.59 Å². The molecule has 0 unspecified atom stereocenters. The molecule has 1 atom stereocenters. The lowest BCUT2D eigenvalue weighted by Crippen LogP contribution is -2.29. The molecule has 0 saturated heterocycles. The lowest BCUT2D eigenvalue weighted by Gasteiger charge is -2.16. The fourth-order valence-electron chi connectivity index (χ4n) is 4.59. The lowest BCUT2D eigenvalue weighted by molar-refractivity contribution is -0.122. The van der Waals surface area contributed by atoms with Gasteiger partial charge >= 0.3 is 0 Å². The number of ketones is 1. The molecule has 0 bridgehead atoms. The summed E-state index contributed by atoms with van der Waals surface area (Å²) in [7, 11) is 0. The number of benzene rings is 2. The van der Waals surface area contributed by atoms with E-state index in [1.54, 1.807) is 6.20 Å². The Morgan fingerprint density at radius 1 is 0.973 bits per heavy atom. The van der Waals surface area contributed by atoms with Crippen molar-refractivity contribution in [3.05, 3.63) is 72.5 Å². The van der Waals surface area contributed by atoms with Crippen LogP contribution in [0.2, 0.25) is 0 Å². The van der Waals surface area contributed by atoms with Crippen LogP contribution in [0.5, 0.6) is 0 Å². The number of amides is 1. The number of carbonyl (C=O) groups excluding carboxylic acids is 2. The smallest absolute Gasteiger partial charge is 0.222 e. The highest BCUT2D eigenvalue weighted by Gasteiger charge is 2.21. The van der Waals surface area contributed by atoms with Gasteiger partial charge in [0.1, 0.15) is 17.6 Å². The van der Waals surface area contributed by atoms with Gasteiger partial charge in [-0.05, 0) is 25.0 Å². The molecule has 1 amide bonds. The fraction of sp³-hybridized carbons (Fsp3) is 0.400. The third-order valence-corrected chi connectivity index (χ3v) is 6.67. The minimum atomic E-state index is -0.322. The quantitative estimate of drug-likeness (QED) is 0.202. The largest absolute Gasteiger partial charge is 0.438 e. The standard InChI is InChI=1S/C30H36N4O3/c1-3-23(35)15-9-6-10-17-25(30-31-21-27(37-30)22-13-7-5-8-14-22)33-29(36)19-20-34-26-18-12-11-16-24(26)32-28(34)4-2/h5,7-8,11-14,16,18,21,25H,3-4,6,9-10,15,17,19-20H2,1-2H3,(H,33,36)/t25-/m0/s1. The summed E-state index contributed by atoms with van der Waals surface area (Å²) in [6.45, 7) is 4.54. The maximum atomic E-state index is 13.1. The second-order valence-electron chi connectivity index (χ2n) is 9.31. The van der Waals surface area contributed by atoms with E-state index in [0.717, 1.165) is 48.1 Å². The number of nitrogens with one attached hydrogen (secondary N) is 1. The summed E-state index contributed by atoms with van der Waals surface area (Å²) in [6.07, 6.45) is 7.42. The first kappa shape index (κ1) is 26.3. The first-order valence-corrected chi connectivity index (χ1v) is 13.3. The van der Waals surface area contributed by atoms with Crippen LogP contribution in [0, 0.1) is 0 Å². The van der Waals surface area contributed by atoms with Crippen LogP contribution in [0.4, 0.5) is 0 Å². The van der Waals surface area contributed by atoms with Crippen LogP contribution in [-0.4, -0.2) is 26.2 Å². The molecule has 7 heteroatoms. The molecule has 0 aliphatic carbocycles. The Balaban J connectivity index is 1.42. The minimum absolute atomic E-state index is 0.0505. The zero-order valence-electron chi connectivity index (χ0n) is 21.8. The number of Topliss-reactive ketones (excluding diaryl/α,β-unsaturated/α-hetero) is 1. The van der Waals surface area contributed by atoms with E-state index in [2.05, 4.69) is 21.8 Å². The number of nitrogens with zero attached hydrogens (tertiary/aromatic N) is 3. The summed E-state index contributed by atoms with van der Waals surface area (Å²) in [6, 6.07) is 17.5. The number of fused-ring (bicyclic) bond motifs is 1. The van der Waals surface area contributed by atoms with Gasteiger partial charge in [0.05, 0.1) is 17.2 Å². The van der Waals surface area contributed by atoms with Crippen LogP contribution in [0.25, 0.3) is 22.4 Å². The maximum Gasteiger partial charge on any atom is 0.222 e.